The van der Waals surface area contributed by atoms with Crippen LogP contribution < -0.4 is 5.32 Å². The number of hydrogen-bond donors (Lipinski definition) is 1. The highest BCUT2D eigenvalue weighted by molar-refractivity contribution is 5.67. The van der Waals surface area contributed by atoms with Gasteiger partial charge in [0.25, 0.3) is 6.47 Å². The van der Waals surface area contributed by atoms with Crippen LogP contribution in [-0.4, -0.2) is 44.5 Å². The molecule has 0 aromatic heterocycles. The highest BCUT2D eigenvalue weighted by atomic mass is 16.6. The van der Waals surface area contributed by atoms with Gasteiger partial charge < -0.3 is 19.5 Å². The molecule has 0 bridgehead atoms. The summed E-state index contributed by atoms with van der Waals surface area (Å²) in [5.74, 6) is 0. The molecule has 1 rings (SSSR count). The lowest BCUT2D eigenvalue weighted by molar-refractivity contribution is -0.128. The number of hydrogen-bond acceptors (Lipinski definition) is 5. The van der Waals surface area contributed by atoms with Gasteiger partial charge in [-0.2, -0.15) is 0 Å². The fraction of sp³-hybridized carbons (Fsp3) is 0.750. The van der Waals surface area contributed by atoms with Crippen LogP contribution in [-0.2, 0) is 19.0 Å². The maximum atomic E-state index is 11.6. The topological polar surface area (TPSA) is 73.9 Å². The van der Waals surface area contributed by atoms with Crippen LogP contribution in [0.1, 0.15) is 46.5 Å². The SMILES string of the molecule is C=C(C)C.CCCC1(OC(=O)NCCOC=O)CCOCC1. The molecule has 0 radical (unpaired) electrons. The Balaban J connectivity index is 0.000000980. The maximum absolute atomic E-state index is 11.6. The minimum absolute atomic E-state index is 0.155. The Bertz CT molecular complexity index is 328. The maximum Gasteiger partial charge on any atom is 0.407 e. The van der Waals surface area contributed by atoms with Crippen molar-refractivity contribution >= 4 is 12.6 Å². The molecule has 0 spiro atoms. The van der Waals surface area contributed by atoms with Crippen LogP contribution in [0.25, 0.3) is 0 Å². The van der Waals surface area contributed by atoms with E-state index in [0.717, 1.165) is 25.7 Å². The van der Waals surface area contributed by atoms with Gasteiger partial charge in [0.15, 0.2) is 0 Å². The quantitative estimate of drug-likeness (QED) is 0.444. The van der Waals surface area contributed by atoms with Gasteiger partial charge in [-0.15, -0.1) is 6.58 Å². The summed E-state index contributed by atoms with van der Waals surface area (Å²) >= 11 is 0. The summed E-state index contributed by atoms with van der Waals surface area (Å²) in [5.41, 5.74) is 0.766. The summed E-state index contributed by atoms with van der Waals surface area (Å²) in [7, 11) is 0. The van der Waals surface area contributed by atoms with E-state index >= 15 is 0 Å². The van der Waals surface area contributed by atoms with Crippen LogP contribution in [0.15, 0.2) is 12.2 Å². The van der Waals surface area contributed by atoms with Crippen LogP contribution in [0.4, 0.5) is 4.79 Å². The molecule has 6 heteroatoms. The fourth-order valence-electron chi connectivity index (χ4n) is 2.09. The average Bonchev–Trinajstić information content (AvgIpc) is 2.44. The van der Waals surface area contributed by atoms with Crippen LogP contribution >= 0.6 is 0 Å². The molecule has 1 aliphatic rings. The Hall–Kier alpha value is -1.56. The van der Waals surface area contributed by atoms with E-state index in [1.807, 2.05) is 13.8 Å². The van der Waals surface area contributed by atoms with Gasteiger partial charge >= 0.3 is 6.09 Å². The molecule has 128 valence electrons. The summed E-state index contributed by atoms with van der Waals surface area (Å²) in [4.78, 5) is 21.6. The van der Waals surface area contributed by atoms with Crippen LogP contribution in [0.2, 0.25) is 0 Å². The van der Waals surface area contributed by atoms with Gasteiger partial charge in [0, 0.05) is 12.8 Å². The van der Waals surface area contributed by atoms with Gasteiger partial charge in [0.1, 0.15) is 12.2 Å². The summed E-state index contributed by atoms with van der Waals surface area (Å²) in [6.45, 7) is 11.6. The third-order valence-corrected chi connectivity index (χ3v) is 2.98. The molecule has 6 nitrogen and oxygen atoms in total. The second kappa shape index (κ2) is 12.0. The van der Waals surface area contributed by atoms with E-state index in [0.29, 0.717) is 19.7 Å². The van der Waals surface area contributed by atoms with Gasteiger partial charge in [-0.3, -0.25) is 4.79 Å². The van der Waals surface area contributed by atoms with Crippen LogP contribution in [0, 0.1) is 0 Å². The van der Waals surface area contributed by atoms with Gasteiger partial charge in [0.2, 0.25) is 0 Å². The first-order valence-corrected chi connectivity index (χ1v) is 7.67. The van der Waals surface area contributed by atoms with Crippen molar-refractivity contribution in [3.05, 3.63) is 12.2 Å². The summed E-state index contributed by atoms with van der Waals surface area (Å²) < 4.78 is 15.3. The van der Waals surface area contributed by atoms with Crippen molar-refractivity contribution in [3.8, 4) is 0 Å². The van der Waals surface area contributed by atoms with Gasteiger partial charge in [0.05, 0.1) is 19.8 Å². The molecule has 0 aliphatic carbocycles. The Morgan fingerprint density at radius 3 is 2.45 bits per heavy atom. The van der Waals surface area contributed by atoms with Crippen molar-refractivity contribution in [1.82, 2.24) is 5.32 Å². The number of nitrogens with one attached hydrogen (secondary N) is 1. The van der Waals surface area contributed by atoms with Crippen molar-refractivity contribution in [1.29, 1.82) is 0 Å². The number of allylic oxidation sites excluding steroid dienone is 1. The van der Waals surface area contributed by atoms with E-state index < -0.39 is 11.7 Å². The third-order valence-electron chi connectivity index (χ3n) is 2.98. The molecular formula is C16H29NO5. The summed E-state index contributed by atoms with van der Waals surface area (Å²) in [6.07, 6.45) is 2.81. The third kappa shape index (κ3) is 10.2. The Kier molecular flexibility index (Phi) is 11.2. The number of ether oxygens (including phenoxy) is 3. The van der Waals surface area contributed by atoms with Crippen molar-refractivity contribution in [2.24, 2.45) is 0 Å². The number of carbonyl (C=O) groups is 2. The molecule has 0 atom stereocenters. The van der Waals surface area contributed by atoms with E-state index in [-0.39, 0.29) is 13.2 Å². The zero-order valence-electron chi connectivity index (χ0n) is 14.0. The smallest absolute Gasteiger partial charge is 0.407 e. The Morgan fingerprint density at radius 1 is 1.36 bits per heavy atom. The molecule has 1 fully saturated rings. The number of alkyl carbamates (subject to hydrolysis) is 1. The van der Waals surface area contributed by atoms with Crippen LogP contribution in [0.5, 0.6) is 0 Å². The van der Waals surface area contributed by atoms with Gasteiger partial charge in [-0.25, -0.2) is 4.79 Å². The minimum atomic E-state index is -0.458. The molecule has 1 saturated heterocycles. The Morgan fingerprint density at radius 2 is 1.95 bits per heavy atom. The lowest BCUT2D eigenvalue weighted by atomic mass is 9.89. The number of amides is 1. The van der Waals surface area contributed by atoms with Crippen molar-refractivity contribution in [3.63, 3.8) is 0 Å². The average molecular weight is 315 g/mol. The largest absolute Gasteiger partial charge is 0.466 e. The van der Waals surface area contributed by atoms with Crippen molar-refractivity contribution in [2.75, 3.05) is 26.4 Å². The molecule has 0 saturated carbocycles. The lowest BCUT2D eigenvalue weighted by Crippen LogP contribution is -2.44. The zero-order chi connectivity index (χ0) is 16.8. The van der Waals surface area contributed by atoms with E-state index in [1.165, 1.54) is 5.57 Å². The second-order valence-corrected chi connectivity index (χ2v) is 5.54. The molecule has 22 heavy (non-hydrogen) atoms. The molecule has 1 N–H and O–H groups in total. The molecule has 1 aliphatic heterocycles. The molecule has 0 aromatic rings. The first-order valence-electron chi connectivity index (χ1n) is 7.67. The fourth-order valence-corrected chi connectivity index (χ4v) is 2.09. The first kappa shape index (κ1) is 20.4. The first-order chi connectivity index (χ1) is 10.5. The number of carbonyl (C=O) groups excluding carboxylic acids is 2. The predicted octanol–water partition coefficient (Wildman–Crippen LogP) is 2.82. The molecule has 0 aromatic carbocycles. The van der Waals surface area contributed by atoms with Crippen molar-refractivity contribution < 1.29 is 23.8 Å². The van der Waals surface area contributed by atoms with E-state index in [1.54, 1.807) is 0 Å². The van der Waals surface area contributed by atoms with Gasteiger partial charge in [-0.1, -0.05) is 18.9 Å². The molecule has 1 amide bonds. The van der Waals surface area contributed by atoms with E-state index in [9.17, 15) is 9.59 Å². The highest BCUT2D eigenvalue weighted by Gasteiger charge is 2.35. The highest BCUT2D eigenvalue weighted by Crippen LogP contribution is 2.30. The summed E-state index contributed by atoms with van der Waals surface area (Å²) in [5, 5.41) is 2.56. The molecule has 1 heterocycles. The number of rotatable bonds is 7. The second-order valence-electron chi connectivity index (χ2n) is 5.54. The Labute approximate surface area is 133 Å². The lowest BCUT2D eigenvalue weighted by Gasteiger charge is -2.36. The minimum Gasteiger partial charge on any atom is -0.466 e. The standard InChI is InChI=1S/C12H21NO5.C4H8/c1-2-3-12(4-7-16-8-5-12)18-11(15)13-6-9-17-10-14;1-4(2)3/h10H,2-9H2,1H3,(H,13,15);1H2,2-3H3. The van der Waals surface area contributed by atoms with Gasteiger partial charge in [-0.05, 0) is 20.3 Å². The van der Waals surface area contributed by atoms with Crippen LogP contribution in [0.3, 0.4) is 0 Å². The van der Waals surface area contributed by atoms with Crippen molar-refractivity contribution in [2.45, 2.75) is 52.1 Å². The molecular weight excluding hydrogens is 286 g/mol. The normalized spacial score (nSPS) is 15.8. The molecule has 0 unspecified atom stereocenters. The zero-order valence-corrected chi connectivity index (χ0v) is 14.0. The summed E-state index contributed by atoms with van der Waals surface area (Å²) in [6, 6.07) is 0. The monoisotopic (exact) mass is 315 g/mol. The predicted molar refractivity (Wildman–Crippen MR) is 84.7 cm³/mol. The van der Waals surface area contributed by atoms with E-state index in [2.05, 4.69) is 23.6 Å². The van der Waals surface area contributed by atoms with E-state index in [4.69, 9.17) is 9.47 Å².